The number of carboxylic acid groups (broad SMARTS) is 1. The lowest BCUT2D eigenvalue weighted by Gasteiger charge is -2.23. The Kier molecular flexibility index (Phi) is 4.72. The van der Waals surface area contributed by atoms with E-state index in [9.17, 15) is 9.18 Å². The van der Waals surface area contributed by atoms with Gasteiger partial charge in [0, 0.05) is 13.5 Å². The maximum absolute atomic E-state index is 13.2. The third-order valence-electron chi connectivity index (χ3n) is 2.88. The quantitative estimate of drug-likeness (QED) is 0.776. The van der Waals surface area contributed by atoms with Crippen LogP contribution in [0.2, 0.25) is 0 Å². The van der Waals surface area contributed by atoms with E-state index >= 15 is 0 Å². The van der Waals surface area contributed by atoms with Crippen LogP contribution in [0, 0.1) is 5.82 Å². The molecule has 0 saturated carbocycles. The lowest BCUT2D eigenvalue weighted by molar-refractivity contribution is 0.00538. The highest BCUT2D eigenvalue weighted by Gasteiger charge is 2.20. The fourth-order valence-corrected chi connectivity index (χ4v) is 1.42. The summed E-state index contributed by atoms with van der Waals surface area (Å²) >= 11 is 0. The predicted octanol–water partition coefficient (Wildman–Crippen LogP) is 2.30. The van der Waals surface area contributed by atoms with Crippen molar-refractivity contribution in [3.05, 3.63) is 23.5 Å². The first-order chi connectivity index (χ1) is 8.78. The number of hydrogen-bond acceptors (Lipinski definition) is 4. The summed E-state index contributed by atoms with van der Waals surface area (Å²) in [5, 5.41) is 9.02. The van der Waals surface area contributed by atoms with Gasteiger partial charge in [0.1, 0.15) is 17.1 Å². The van der Waals surface area contributed by atoms with Crippen molar-refractivity contribution in [3.8, 4) is 5.75 Å². The van der Waals surface area contributed by atoms with Gasteiger partial charge < -0.3 is 20.3 Å². The van der Waals surface area contributed by atoms with Crippen LogP contribution in [0.4, 0.5) is 10.1 Å². The average Bonchev–Trinajstić information content (AvgIpc) is 2.33. The second-order valence-corrected chi connectivity index (χ2v) is 4.70. The zero-order valence-electron chi connectivity index (χ0n) is 11.2. The molecule has 1 rings (SSSR count). The second-order valence-electron chi connectivity index (χ2n) is 4.70. The summed E-state index contributed by atoms with van der Waals surface area (Å²) < 4.78 is 23.8. The van der Waals surface area contributed by atoms with Crippen molar-refractivity contribution < 1.29 is 23.8 Å². The summed E-state index contributed by atoms with van der Waals surface area (Å²) in [7, 11) is 1.58. The number of aromatic carboxylic acids is 1. The molecule has 0 amide bonds. The summed E-state index contributed by atoms with van der Waals surface area (Å²) in [5.74, 6) is -2.04. The van der Waals surface area contributed by atoms with Gasteiger partial charge in [0.15, 0.2) is 0 Å². The Balaban J connectivity index is 2.85. The molecule has 19 heavy (non-hydrogen) atoms. The van der Waals surface area contributed by atoms with E-state index in [2.05, 4.69) is 0 Å². The van der Waals surface area contributed by atoms with Crippen molar-refractivity contribution in [3.63, 3.8) is 0 Å². The van der Waals surface area contributed by atoms with Crippen molar-refractivity contribution >= 4 is 11.7 Å². The Labute approximate surface area is 111 Å². The summed E-state index contributed by atoms with van der Waals surface area (Å²) in [6.07, 6.45) is 0.555. The molecule has 6 heteroatoms. The number of nitrogens with two attached hydrogens (primary N) is 1. The van der Waals surface area contributed by atoms with Crippen LogP contribution in [0.25, 0.3) is 0 Å². The summed E-state index contributed by atoms with van der Waals surface area (Å²) in [4.78, 5) is 11.1. The Morgan fingerprint density at radius 1 is 1.47 bits per heavy atom. The molecular weight excluding hydrogens is 253 g/mol. The number of hydrogen-bond donors (Lipinski definition) is 2. The first-order valence-corrected chi connectivity index (χ1v) is 5.77. The lowest BCUT2D eigenvalue weighted by atomic mass is 10.1. The molecule has 106 valence electrons. The van der Waals surface area contributed by atoms with Crippen LogP contribution in [0.15, 0.2) is 12.1 Å². The highest BCUT2D eigenvalue weighted by molar-refractivity contribution is 5.96. The Morgan fingerprint density at radius 3 is 2.63 bits per heavy atom. The van der Waals surface area contributed by atoms with E-state index < -0.39 is 17.5 Å². The van der Waals surface area contributed by atoms with Crippen molar-refractivity contribution in [1.82, 2.24) is 0 Å². The van der Waals surface area contributed by atoms with Crippen molar-refractivity contribution in [2.45, 2.75) is 25.9 Å². The van der Waals surface area contributed by atoms with Crippen molar-refractivity contribution in [2.24, 2.45) is 0 Å². The molecule has 3 N–H and O–H groups in total. The standard InChI is InChI=1S/C13H18FNO4/c1-13(2,18-3)6-7-19-9-5-4-8(14)11(15)10(9)12(16)17/h4-5H,6-7,15H2,1-3H3,(H,16,17). The molecule has 0 atom stereocenters. The van der Waals surface area contributed by atoms with E-state index in [0.29, 0.717) is 6.42 Å². The van der Waals surface area contributed by atoms with Crippen LogP contribution in [0.3, 0.4) is 0 Å². The molecule has 0 fully saturated rings. The first kappa shape index (κ1) is 15.2. The highest BCUT2D eigenvalue weighted by Crippen LogP contribution is 2.27. The molecule has 0 radical (unpaired) electrons. The zero-order chi connectivity index (χ0) is 14.6. The smallest absolute Gasteiger partial charge is 0.341 e. The molecule has 1 aromatic carbocycles. The fraction of sp³-hybridized carbons (Fsp3) is 0.462. The second kappa shape index (κ2) is 5.88. The molecule has 0 spiro atoms. The Morgan fingerprint density at radius 2 is 2.11 bits per heavy atom. The molecule has 1 aromatic rings. The summed E-state index contributed by atoms with van der Waals surface area (Å²) in [6, 6.07) is 2.34. The van der Waals surface area contributed by atoms with Crippen molar-refractivity contribution in [1.29, 1.82) is 0 Å². The van der Waals surface area contributed by atoms with Crippen LogP contribution in [-0.4, -0.2) is 30.4 Å². The summed E-state index contributed by atoms with van der Waals surface area (Å²) in [6.45, 7) is 4.01. The monoisotopic (exact) mass is 271 g/mol. The van der Waals surface area contributed by atoms with Gasteiger partial charge in [-0.05, 0) is 26.0 Å². The number of carbonyl (C=O) groups is 1. The van der Waals surface area contributed by atoms with Gasteiger partial charge in [0.2, 0.25) is 0 Å². The average molecular weight is 271 g/mol. The number of rotatable bonds is 6. The number of benzene rings is 1. The molecule has 0 aliphatic heterocycles. The maximum Gasteiger partial charge on any atom is 0.341 e. The summed E-state index contributed by atoms with van der Waals surface area (Å²) in [5.41, 5.74) is 4.26. The van der Waals surface area contributed by atoms with E-state index in [0.717, 1.165) is 6.07 Å². The van der Waals surface area contributed by atoms with E-state index in [4.69, 9.17) is 20.3 Å². The lowest BCUT2D eigenvalue weighted by Crippen LogP contribution is -2.25. The fourth-order valence-electron chi connectivity index (χ4n) is 1.42. The van der Waals surface area contributed by atoms with Crippen LogP contribution in [0.1, 0.15) is 30.6 Å². The van der Waals surface area contributed by atoms with Crippen molar-refractivity contribution in [2.75, 3.05) is 19.5 Å². The van der Waals surface area contributed by atoms with E-state index in [1.165, 1.54) is 6.07 Å². The van der Waals surface area contributed by atoms with Gasteiger partial charge in [-0.2, -0.15) is 0 Å². The van der Waals surface area contributed by atoms with E-state index in [1.807, 2.05) is 13.8 Å². The van der Waals surface area contributed by atoms with Crippen LogP contribution in [0.5, 0.6) is 5.75 Å². The SMILES string of the molecule is COC(C)(C)CCOc1ccc(F)c(N)c1C(=O)O. The maximum atomic E-state index is 13.2. The molecule has 0 heterocycles. The van der Waals surface area contributed by atoms with Gasteiger partial charge in [0.25, 0.3) is 0 Å². The minimum Gasteiger partial charge on any atom is -0.492 e. The number of anilines is 1. The van der Waals surface area contributed by atoms with Crippen LogP contribution < -0.4 is 10.5 Å². The molecular formula is C13H18FNO4. The normalized spacial score (nSPS) is 11.4. The highest BCUT2D eigenvalue weighted by atomic mass is 19.1. The molecule has 0 bridgehead atoms. The van der Waals surface area contributed by atoms with E-state index in [-0.39, 0.29) is 23.5 Å². The largest absolute Gasteiger partial charge is 0.492 e. The number of halogens is 1. The van der Waals surface area contributed by atoms with Gasteiger partial charge in [0.05, 0.1) is 17.9 Å². The predicted molar refractivity (Wildman–Crippen MR) is 69.0 cm³/mol. The zero-order valence-corrected chi connectivity index (χ0v) is 11.2. The van der Waals surface area contributed by atoms with Crippen LogP contribution in [-0.2, 0) is 4.74 Å². The molecule has 0 unspecified atom stereocenters. The van der Waals surface area contributed by atoms with E-state index in [1.54, 1.807) is 7.11 Å². The minimum absolute atomic E-state index is 0.0540. The number of nitrogen functional groups attached to an aromatic ring is 1. The first-order valence-electron chi connectivity index (χ1n) is 5.77. The number of methoxy groups -OCH3 is 1. The number of carboxylic acids is 1. The Hall–Kier alpha value is -1.82. The van der Waals surface area contributed by atoms with Gasteiger partial charge in [-0.1, -0.05) is 0 Å². The van der Waals surface area contributed by atoms with Gasteiger partial charge in [-0.15, -0.1) is 0 Å². The third kappa shape index (κ3) is 3.82. The number of ether oxygens (including phenoxy) is 2. The topological polar surface area (TPSA) is 81.8 Å². The van der Waals surface area contributed by atoms with Gasteiger partial charge >= 0.3 is 5.97 Å². The Bertz CT molecular complexity index is 474. The third-order valence-corrected chi connectivity index (χ3v) is 2.88. The minimum atomic E-state index is -1.32. The molecule has 0 saturated heterocycles. The molecule has 0 aromatic heterocycles. The molecule has 5 nitrogen and oxygen atoms in total. The van der Waals surface area contributed by atoms with Crippen LogP contribution >= 0.6 is 0 Å². The molecule has 0 aliphatic rings. The molecule has 0 aliphatic carbocycles. The van der Waals surface area contributed by atoms with Gasteiger partial charge in [-0.25, -0.2) is 9.18 Å². The van der Waals surface area contributed by atoms with Gasteiger partial charge in [-0.3, -0.25) is 0 Å².